The zero-order chi connectivity index (χ0) is 14.2. The van der Waals surface area contributed by atoms with E-state index in [-0.39, 0.29) is 17.8 Å². The predicted molar refractivity (Wildman–Crippen MR) is 70.9 cm³/mol. The number of anilines is 1. The van der Waals surface area contributed by atoms with E-state index in [0.717, 1.165) is 12.5 Å². The van der Waals surface area contributed by atoms with E-state index in [1.807, 2.05) is 6.92 Å². The van der Waals surface area contributed by atoms with Gasteiger partial charge >= 0.3 is 6.18 Å². The number of aromatic nitrogens is 1. The van der Waals surface area contributed by atoms with Crippen LogP contribution in [0, 0.1) is 5.92 Å². The van der Waals surface area contributed by atoms with Crippen LogP contribution in [0.2, 0.25) is 0 Å². The minimum absolute atomic E-state index is 0.0299. The molecule has 0 amide bonds. The molecule has 0 aliphatic carbocycles. The molecule has 3 nitrogen and oxygen atoms in total. The number of nitrogens with two attached hydrogens (primary N) is 1. The van der Waals surface area contributed by atoms with E-state index in [1.165, 1.54) is 6.20 Å². The van der Waals surface area contributed by atoms with E-state index in [1.54, 1.807) is 4.90 Å². The lowest BCUT2D eigenvalue weighted by molar-refractivity contribution is -0.137. The van der Waals surface area contributed by atoms with Gasteiger partial charge in [0.2, 0.25) is 0 Å². The summed E-state index contributed by atoms with van der Waals surface area (Å²) in [5, 5.41) is 0. The molecule has 2 atom stereocenters. The molecule has 1 aliphatic rings. The summed E-state index contributed by atoms with van der Waals surface area (Å²) in [5.41, 5.74) is 5.16. The number of hydrogen-bond donors (Lipinski definition) is 1. The Morgan fingerprint density at radius 2 is 2.11 bits per heavy atom. The van der Waals surface area contributed by atoms with E-state index >= 15 is 0 Å². The monoisotopic (exact) mass is 337 g/mol. The molecule has 106 valence electrons. The van der Waals surface area contributed by atoms with Gasteiger partial charge in [0.15, 0.2) is 0 Å². The first-order valence-electron chi connectivity index (χ1n) is 6.00. The summed E-state index contributed by atoms with van der Waals surface area (Å²) in [7, 11) is 0. The lowest BCUT2D eigenvalue weighted by atomic mass is 9.96. The average Bonchev–Trinajstić information content (AvgIpc) is 2.26. The van der Waals surface area contributed by atoms with Crippen LogP contribution in [0.3, 0.4) is 0 Å². The fourth-order valence-electron chi connectivity index (χ4n) is 2.47. The Bertz CT molecular complexity index is 454. The molecule has 0 spiro atoms. The zero-order valence-electron chi connectivity index (χ0n) is 10.4. The lowest BCUT2D eigenvalue weighted by Gasteiger charge is -2.36. The summed E-state index contributed by atoms with van der Waals surface area (Å²) in [5.74, 6) is 0.230. The highest BCUT2D eigenvalue weighted by Gasteiger charge is 2.37. The first kappa shape index (κ1) is 14.6. The third-order valence-electron chi connectivity index (χ3n) is 3.13. The van der Waals surface area contributed by atoms with Crippen molar-refractivity contribution in [1.29, 1.82) is 0 Å². The maximum atomic E-state index is 13.1. The van der Waals surface area contributed by atoms with Crippen LogP contribution in [0.5, 0.6) is 0 Å². The summed E-state index contributed by atoms with van der Waals surface area (Å²) in [6, 6.07) is 0.947. The number of hydrogen-bond acceptors (Lipinski definition) is 3. The molecule has 0 saturated carbocycles. The molecule has 19 heavy (non-hydrogen) atoms. The number of piperidine rings is 1. The molecule has 2 unspecified atom stereocenters. The van der Waals surface area contributed by atoms with E-state index in [9.17, 15) is 13.2 Å². The van der Waals surface area contributed by atoms with Crippen molar-refractivity contribution in [3.63, 3.8) is 0 Å². The summed E-state index contributed by atoms with van der Waals surface area (Å²) < 4.78 is 39.5. The Morgan fingerprint density at radius 3 is 2.68 bits per heavy atom. The second-order valence-electron chi connectivity index (χ2n) is 5.03. The summed E-state index contributed by atoms with van der Waals surface area (Å²) >= 11 is 3.03. The van der Waals surface area contributed by atoms with Crippen LogP contribution in [0.15, 0.2) is 16.7 Å². The molecule has 7 heteroatoms. The van der Waals surface area contributed by atoms with Gasteiger partial charge in [0.05, 0.1) is 5.56 Å². The predicted octanol–water partition coefficient (Wildman–Crippen LogP) is 3.04. The van der Waals surface area contributed by atoms with Crippen molar-refractivity contribution >= 4 is 21.7 Å². The van der Waals surface area contributed by atoms with Crippen molar-refractivity contribution in [2.24, 2.45) is 11.7 Å². The highest BCUT2D eigenvalue weighted by atomic mass is 79.9. The van der Waals surface area contributed by atoms with Gasteiger partial charge in [0.1, 0.15) is 5.82 Å². The van der Waals surface area contributed by atoms with Crippen LogP contribution >= 0.6 is 15.9 Å². The molecule has 0 aromatic carbocycles. The second-order valence-corrected chi connectivity index (χ2v) is 5.94. The van der Waals surface area contributed by atoms with Crippen molar-refractivity contribution in [3.8, 4) is 0 Å². The Kier molecular flexibility index (Phi) is 4.06. The highest BCUT2D eigenvalue weighted by Crippen LogP contribution is 2.37. The fourth-order valence-corrected chi connectivity index (χ4v) is 2.80. The van der Waals surface area contributed by atoms with Gasteiger partial charge in [-0.3, -0.25) is 0 Å². The smallest absolute Gasteiger partial charge is 0.354 e. The maximum absolute atomic E-state index is 13.1. The van der Waals surface area contributed by atoms with Crippen molar-refractivity contribution in [1.82, 2.24) is 4.98 Å². The third-order valence-corrected chi connectivity index (χ3v) is 3.56. The molecular formula is C12H15BrF3N3. The minimum atomic E-state index is -4.42. The quantitative estimate of drug-likeness (QED) is 0.856. The first-order chi connectivity index (χ1) is 8.77. The van der Waals surface area contributed by atoms with Crippen LogP contribution in [0.25, 0.3) is 0 Å². The van der Waals surface area contributed by atoms with Crippen molar-refractivity contribution < 1.29 is 13.2 Å². The van der Waals surface area contributed by atoms with Gasteiger partial charge in [0, 0.05) is 29.8 Å². The number of alkyl halides is 3. The van der Waals surface area contributed by atoms with E-state index in [4.69, 9.17) is 5.73 Å². The Balaban J connectivity index is 2.39. The molecule has 1 aromatic rings. The SMILES string of the molecule is CC1CC(N)CN(c2ncc(Br)cc2C(F)(F)F)C1. The first-order valence-corrected chi connectivity index (χ1v) is 6.80. The Labute approximate surface area is 118 Å². The van der Waals surface area contributed by atoms with E-state index in [2.05, 4.69) is 20.9 Å². The standard InChI is InChI=1S/C12H15BrF3N3/c1-7-2-9(17)6-19(5-7)11-10(12(14,15)16)3-8(13)4-18-11/h3-4,7,9H,2,5-6,17H2,1H3. The molecule has 2 N–H and O–H groups in total. The molecule has 0 bridgehead atoms. The number of nitrogens with zero attached hydrogens (tertiary/aromatic N) is 2. The normalized spacial score (nSPS) is 24.6. The summed E-state index contributed by atoms with van der Waals surface area (Å²) in [6.07, 6.45) is -2.21. The number of halogens is 4. The zero-order valence-corrected chi connectivity index (χ0v) is 12.0. The van der Waals surface area contributed by atoms with Crippen LogP contribution in [0.1, 0.15) is 18.9 Å². The molecule has 2 rings (SSSR count). The van der Waals surface area contributed by atoms with Gasteiger partial charge in [-0.05, 0) is 34.3 Å². The van der Waals surface area contributed by atoms with Crippen LogP contribution < -0.4 is 10.6 Å². The minimum Gasteiger partial charge on any atom is -0.354 e. The Hall–Kier alpha value is -0.820. The molecular weight excluding hydrogens is 323 g/mol. The van der Waals surface area contributed by atoms with Gasteiger partial charge in [0.25, 0.3) is 0 Å². The van der Waals surface area contributed by atoms with Crippen LogP contribution in [-0.4, -0.2) is 24.1 Å². The summed E-state index contributed by atoms with van der Waals surface area (Å²) in [4.78, 5) is 5.57. The topological polar surface area (TPSA) is 42.1 Å². The van der Waals surface area contributed by atoms with Crippen molar-refractivity contribution in [2.45, 2.75) is 25.6 Å². The molecule has 1 fully saturated rings. The van der Waals surface area contributed by atoms with E-state index < -0.39 is 11.7 Å². The van der Waals surface area contributed by atoms with Crippen molar-refractivity contribution in [2.75, 3.05) is 18.0 Å². The molecule has 1 aromatic heterocycles. The molecule has 1 aliphatic heterocycles. The molecule has 1 saturated heterocycles. The highest BCUT2D eigenvalue weighted by molar-refractivity contribution is 9.10. The number of pyridine rings is 1. The van der Waals surface area contributed by atoms with Gasteiger partial charge in [-0.2, -0.15) is 13.2 Å². The van der Waals surface area contributed by atoms with Gasteiger partial charge in [-0.15, -0.1) is 0 Å². The second kappa shape index (κ2) is 5.28. The average molecular weight is 338 g/mol. The van der Waals surface area contributed by atoms with Crippen LogP contribution in [-0.2, 0) is 6.18 Å². The molecule has 0 radical (unpaired) electrons. The molecule has 2 heterocycles. The number of rotatable bonds is 1. The largest absolute Gasteiger partial charge is 0.419 e. The third kappa shape index (κ3) is 3.39. The maximum Gasteiger partial charge on any atom is 0.419 e. The Morgan fingerprint density at radius 1 is 1.42 bits per heavy atom. The van der Waals surface area contributed by atoms with Crippen LogP contribution in [0.4, 0.5) is 19.0 Å². The summed E-state index contributed by atoms with van der Waals surface area (Å²) in [6.45, 7) is 2.94. The van der Waals surface area contributed by atoms with E-state index in [0.29, 0.717) is 17.6 Å². The van der Waals surface area contributed by atoms with Gasteiger partial charge in [-0.1, -0.05) is 6.92 Å². The fraction of sp³-hybridized carbons (Fsp3) is 0.583. The van der Waals surface area contributed by atoms with Gasteiger partial charge in [-0.25, -0.2) is 4.98 Å². The van der Waals surface area contributed by atoms with Crippen molar-refractivity contribution in [3.05, 3.63) is 22.3 Å². The lowest BCUT2D eigenvalue weighted by Crippen LogP contribution is -2.47. The van der Waals surface area contributed by atoms with Gasteiger partial charge < -0.3 is 10.6 Å².